The largest absolute Gasteiger partial charge is 0.432 e. The lowest BCUT2D eigenvalue weighted by Crippen LogP contribution is -2.12. The van der Waals surface area contributed by atoms with Crippen molar-refractivity contribution in [1.82, 2.24) is 4.98 Å². The third kappa shape index (κ3) is 2.60. The molecule has 5 heteroatoms. The number of rotatable bonds is 2. The first kappa shape index (κ1) is 11.1. The molecule has 0 atom stereocenters. The molecule has 0 spiro atoms. The number of nitrogens with one attached hydrogen (secondary N) is 1. The van der Waals surface area contributed by atoms with Gasteiger partial charge in [-0.1, -0.05) is 6.07 Å². The van der Waals surface area contributed by atoms with E-state index in [-0.39, 0.29) is 11.9 Å². The zero-order valence-electron chi connectivity index (χ0n) is 8.53. The van der Waals surface area contributed by atoms with Gasteiger partial charge in [0, 0.05) is 9.13 Å². The fourth-order valence-electron chi connectivity index (χ4n) is 1.21. The lowest BCUT2D eigenvalue weighted by molar-refractivity contribution is 0.102. The first-order valence-corrected chi connectivity index (χ1v) is 5.72. The van der Waals surface area contributed by atoms with Crippen molar-refractivity contribution in [2.24, 2.45) is 0 Å². The van der Waals surface area contributed by atoms with Gasteiger partial charge in [0.2, 0.25) is 0 Å². The van der Waals surface area contributed by atoms with Crippen LogP contribution in [0.2, 0.25) is 0 Å². The minimum absolute atomic E-state index is 0.222. The molecule has 0 saturated heterocycles. The fourth-order valence-corrected chi connectivity index (χ4v) is 1.75. The lowest BCUT2D eigenvalue weighted by Gasteiger charge is -2.00. The Labute approximate surface area is 106 Å². The molecule has 0 aliphatic carbocycles. The van der Waals surface area contributed by atoms with Gasteiger partial charge >= 0.3 is 6.01 Å². The van der Waals surface area contributed by atoms with Crippen LogP contribution in [0, 0.1) is 10.5 Å². The Morgan fingerprint density at radius 1 is 1.50 bits per heavy atom. The number of carbonyl (C=O) groups is 1. The average Bonchev–Trinajstić information content (AvgIpc) is 2.64. The van der Waals surface area contributed by atoms with Gasteiger partial charge in [-0.05, 0) is 47.7 Å². The van der Waals surface area contributed by atoms with Crippen LogP contribution in [0.5, 0.6) is 0 Å². The molecule has 0 saturated carbocycles. The summed E-state index contributed by atoms with van der Waals surface area (Å²) in [6.07, 6.45) is 1.49. The van der Waals surface area contributed by atoms with E-state index < -0.39 is 0 Å². The van der Waals surface area contributed by atoms with Crippen LogP contribution in [0.3, 0.4) is 0 Å². The van der Waals surface area contributed by atoms with Gasteiger partial charge in [0.15, 0.2) is 0 Å². The van der Waals surface area contributed by atoms with Crippen molar-refractivity contribution in [3.05, 3.63) is 45.4 Å². The van der Waals surface area contributed by atoms with E-state index in [0.717, 1.165) is 9.26 Å². The van der Waals surface area contributed by atoms with Gasteiger partial charge in [-0.25, -0.2) is 0 Å². The van der Waals surface area contributed by atoms with E-state index in [1.807, 2.05) is 12.1 Å². The van der Waals surface area contributed by atoms with Crippen LogP contribution >= 0.6 is 22.6 Å². The third-order valence-electron chi connectivity index (χ3n) is 1.93. The van der Waals surface area contributed by atoms with Crippen molar-refractivity contribution in [3.63, 3.8) is 0 Å². The minimum atomic E-state index is -0.222. The van der Waals surface area contributed by atoms with Crippen LogP contribution in [0.15, 0.2) is 34.9 Å². The summed E-state index contributed by atoms with van der Waals surface area (Å²) >= 11 is 2.15. The number of hydrogen-bond acceptors (Lipinski definition) is 3. The number of aromatic nitrogens is 1. The predicted octanol–water partition coefficient (Wildman–Crippen LogP) is 2.84. The molecule has 1 amide bonds. The van der Waals surface area contributed by atoms with Gasteiger partial charge < -0.3 is 4.42 Å². The Morgan fingerprint density at radius 3 is 2.94 bits per heavy atom. The van der Waals surface area contributed by atoms with Crippen LogP contribution in [-0.2, 0) is 0 Å². The van der Waals surface area contributed by atoms with E-state index in [0.29, 0.717) is 5.56 Å². The summed E-state index contributed by atoms with van der Waals surface area (Å²) in [5.41, 5.74) is 1.32. The van der Waals surface area contributed by atoms with Gasteiger partial charge in [0.1, 0.15) is 6.26 Å². The molecule has 0 aliphatic rings. The highest BCUT2D eigenvalue weighted by molar-refractivity contribution is 14.1. The molecule has 0 radical (unpaired) electrons. The topological polar surface area (TPSA) is 55.1 Å². The second kappa shape index (κ2) is 4.65. The Morgan fingerprint density at radius 2 is 2.31 bits per heavy atom. The Kier molecular flexibility index (Phi) is 3.23. The normalized spacial score (nSPS) is 10.1. The number of carbonyl (C=O) groups excluding carboxylic acids is 1. The highest BCUT2D eigenvalue weighted by Crippen LogP contribution is 2.11. The smallest absolute Gasteiger partial charge is 0.301 e. The SMILES string of the molecule is Cc1coc(NC(=O)c2cccc(I)c2)n1. The van der Waals surface area contributed by atoms with E-state index in [1.165, 1.54) is 6.26 Å². The summed E-state index contributed by atoms with van der Waals surface area (Å²) in [7, 11) is 0. The zero-order valence-corrected chi connectivity index (χ0v) is 10.7. The number of benzene rings is 1. The summed E-state index contributed by atoms with van der Waals surface area (Å²) in [6.45, 7) is 1.80. The number of amides is 1. The van der Waals surface area contributed by atoms with Crippen molar-refractivity contribution in [2.45, 2.75) is 6.92 Å². The second-order valence-electron chi connectivity index (χ2n) is 3.26. The van der Waals surface area contributed by atoms with Crippen molar-refractivity contribution < 1.29 is 9.21 Å². The highest BCUT2D eigenvalue weighted by atomic mass is 127. The van der Waals surface area contributed by atoms with Gasteiger partial charge in [0.25, 0.3) is 5.91 Å². The standard InChI is InChI=1S/C11H9IN2O2/c1-7-6-16-11(13-7)14-10(15)8-3-2-4-9(12)5-8/h2-6H,1H3,(H,13,14,15). The molecule has 1 aromatic carbocycles. The van der Waals surface area contributed by atoms with E-state index in [1.54, 1.807) is 19.1 Å². The van der Waals surface area contributed by atoms with Crippen LogP contribution in [-0.4, -0.2) is 10.9 Å². The van der Waals surface area contributed by atoms with E-state index in [9.17, 15) is 4.79 Å². The van der Waals surface area contributed by atoms with E-state index in [2.05, 4.69) is 32.9 Å². The number of aryl methyl sites for hydroxylation is 1. The average molecular weight is 328 g/mol. The first-order valence-electron chi connectivity index (χ1n) is 4.64. The monoisotopic (exact) mass is 328 g/mol. The molecular formula is C11H9IN2O2. The Hall–Kier alpha value is -1.37. The van der Waals surface area contributed by atoms with Crippen LogP contribution in [0.4, 0.5) is 6.01 Å². The van der Waals surface area contributed by atoms with Gasteiger partial charge in [-0.15, -0.1) is 0 Å². The molecule has 1 heterocycles. The maximum atomic E-state index is 11.8. The quantitative estimate of drug-likeness (QED) is 0.863. The molecule has 4 nitrogen and oxygen atoms in total. The maximum absolute atomic E-state index is 11.8. The van der Waals surface area contributed by atoms with Crippen molar-refractivity contribution in [1.29, 1.82) is 0 Å². The molecule has 82 valence electrons. The van der Waals surface area contributed by atoms with E-state index in [4.69, 9.17) is 4.42 Å². The molecule has 1 aromatic heterocycles. The molecule has 2 rings (SSSR count). The van der Waals surface area contributed by atoms with Crippen molar-refractivity contribution >= 4 is 34.5 Å². The second-order valence-corrected chi connectivity index (χ2v) is 4.50. The van der Waals surface area contributed by atoms with Crippen LogP contribution < -0.4 is 5.32 Å². The summed E-state index contributed by atoms with van der Waals surface area (Å²) in [5, 5.41) is 2.59. The number of oxazole rings is 1. The first-order chi connectivity index (χ1) is 7.65. The third-order valence-corrected chi connectivity index (χ3v) is 2.60. The fraction of sp³-hybridized carbons (Fsp3) is 0.0909. The summed E-state index contributed by atoms with van der Waals surface area (Å²) < 4.78 is 6.05. The zero-order chi connectivity index (χ0) is 11.5. The minimum Gasteiger partial charge on any atom is -0.432 e. The maximum Gasteiger partial charge on any atom is 0.301 e. The summed E-state index contributed by atoms with van der Waals surface area (Å²) in [6, 6.07) is 7.52. The molecular weight excluding hydrogens is 319 g/mol. The van der Waals surface area contributed by atoms with Crippen molar-refractivity contribution in [3.8, 4) is 0 Å². The molecule has 16 heavy (non-hydrogen) atoms. The molecule has 0 aliphatic heterocycles. The molecule has 0 bridgehead atoms. The molecule has 1 N–H and O–H groups in total. The predicted molar refractivity (Wildman–Crippen MR) is 68.4 cm³/mol. The van der Waals surface area contributed by atoms with Gasteiger partial charge in [-0.3, -0.25) is 10.1 Å². The number of nitrogens with zero attached hydrogens (tertiary/aromatic N) is 1. The lowest BCUT2D eigenvalue weighted by atomic mass is 10.2. The Balaban J connectivity index is 2.14. The highest BCUT2D eigenvalue weighted by Gasteiger charge is 2.09. The van der Waals surface area contributed by atoms with Crippen LogP contribution in [0.1, 0.15) is 16.1 Å². The molecule has 0 fully saturated rings. The molecule has 0 unspecified atom stereocenters. The van der Waals surface area contributed by atoms with Crippen molar-refractivity contribution in [2.75, 3.05) is 5.32 Å². The van der Waals surface area contributed by atoms with Gasteiger partial charge in [0.05, 0.1) is 5.69 Å². The Bertz CT molecular complexity index is 522. The number of anilines is 1. The molecule has 2 aromatic rings. The summed E-state index contributed by atoms with van der Waals surface area (Å²) in [4.78, 5) is 15.8. The summed E-state index contributed by atoms with van der Waals surface area (Å²) in [5.74, 6) is -0.222. The van der Waals surface area contributed by atoms with Gasteiger partial charge in [-0.2, -0.15) is 4.98 Å². The number of hydrogen-bond donors (Lipinski definition) is 1. The van der Waals surface area contributed by atoms with E-state index >= 15 is 0 Å². The van der Waals surface area contributed by atoms with Crippen LogP contribution in [0.25, 0.3) is 0 Å². The number of halogens is 1.